The van der Waals surface area contributed by atoms with Crippen LogP contribution in [0.4, 0.5) is 11.4 Å². The molecule has 1 fully saturated rings. The maximum Gasteiger partial charge on any atom is 0.293 e. The van der Waals surface area contributed by atoms with E-state index in [9.17, 15) is 18.5 Å². The Balaban J connectivity index is 1.85. The fourth-order valence-corrected chi connectivity index (χ4v) is 4.03. The number of morpholine rings is 1. The second kappa shape index (κ2) is 7.77. The van der Waals surface area contributed by atoms with Crippen LogP contribution in [-0.4, -0.2) is 48.9 Å². The zero-order chi connectivity index (χ0) is 18.6. The molecule has 1 aromatic carbocycles. The average Bonchev–Trinajstić information content (AvgIpc) is 2.67. The lowest BCUT2D eigenvalue weighted by Gasteiger charge is -2.26. The Morgan fingerprint density at radius 2 is 2.00 bits per heavy atom. The first-order chi connectivity index (χ1) is 12.5. The van der Waals surface area contributed by atoms with Crippen molar-refractivity contribution >= 4 is 21.4 Å². The fraction of sp³-hybridized carbons (Fsp3) is 0.312. The second-order valence-electron chi connectivity index (χ2n) is 5.63. The molecule has 0 atom stereocenters. The van der Waals surface area contributed by atoms with E-state index >= 15 is 0 Å². The van der Waals surface area contributed by atoms with Crippen molar-refractivity contribution < 1.29 is 18.1 Å². The smallest absolute Gasteiger partial charge is 0.293 e. The largest absolute Gasteiger partial charge is 0.379 e. The molecular formula is C16H18N4O5S. The van der Waals surface area contributed by atoms with E-state index in [1.165, 1.54) is 16.4 Å². The number of nitro groups is 1. The number of hydrogen-bond acceptors (Lipinski definition) is 7. The van der Waals surface area contributed by atoms with Crippen LogP contribution in [-0.2, 0) is 21.3 Å². The molecule has 0 saturated carbocycles. The van der Waals surface area contributed by atoms with Crippen molar-refractivity contribution in [3.63, 3.8) is 0 Å². The molecule has 0 spiro atoms. The van der Waals surface area contributed by atoms with Crippen LogP contribution in [0.2, 0.25) is 0 Å². The molecular weight excluding hydrogens is 360 g/mol. The van der Waals surface area contributed by atoms with Gasteiger partial charge < -0.3 is 10.1 Å². The van der Waals surface area contributed by atoms with Crippen LogP contribution in [0.1, 0.15) is 5.69 Å². The van der Waals surface area contributed by atoms with Gasteiger partial charge in [0.05, 0.1) is 35.3 Å². The number of rotatable bonds is 6. The minimum Gasteiger partial charge on any atom is -0.379 e. The summed E-state index contributed by atoms with van der Waals surface area (Å²) in [6.07, 6.45) is 1.63. The minimum absolute atomic E-state index is 0.102. The number of hydrogen-bond donors (Lipinski definition) is 1. The van der Waals surface area contributed by atoms with E-state index in [1.54, 1.807) is 18.3 Å². The molecule has 0 radical (unpaired) electrons. The van der Waals surface area contributed by atoms with Gasteiger partial charge in [0.2, 0.25) is 10.0 Å². The Hall–Kier alpha value is -2.56. The molecule has 9 nitrogen and oxygen atoms in total. The van der Waals surface area contributed by atoms with E-state index in [0.717, 1.165) is 6.07 Å². The lowest BCUT2D eigenvalue weighted by molar-refractivity contribution is -0.384. The predicted molar refractivity (Wildman–Crippen MR) is 94.2 cm³/mol. The summed E-state index contributed by atoms with van der Waals surface area (Å²) in [5.41, 5.74) is 0.656. The number of pyridine rings is 1. The van der Waals surface area contributed by atoms with Gasteiger partial charge in [0, 0.05) is 25.4 Å². The summed E-state index contributed by atoms with van der Waals surface area (Å²) in [5, 5.41) is 14.3. The van der Waals surface area contributed by atoms with Crippen molar-refractivity contribution in [1.29, 1.82) is 0 Å². The molecule has 10 heteroatoms. The van der Waals surface area contributed by atoms with Crippen molar-refractivity contribution in [2.75, 3.05) is 31.6 Å². The molecule has 1 aliphatic heterocycles. The highest BCUT2D eigenvalue weighted by Crippen LogP contribution is 2.29. The van der Waals surface area contributed by atoms with E-state index < -0.39 is 14.9 Å². The van der Waals surface area contributed by atoms with Crippen LogP contribution in [0.25, 0.3) is 0 Å². The number of aromatic nitrogens is 1. The summed E-state index contributed by atoms with van der Waals surface area (Å²) in [4.78, 5) is 14.8. The molecule has 1 aromatic heterocycles. The van der Waals surface area contributed by atoms with Crippen molar-refractivity contribution in [1.82, 2.24) is 9.29 Å². The van der Waals surface area contributed by atoms with E-state index in [-0.39, 0.29) is 35.9 Å². The monoisotopic (exact) mass is 378 g/mol. The topological polar surface area (TPSA) is 115 Å². The Morgan fingerprint density at radius 3 is 2.65 bits per heavy atom. The lowest BCUT2D eigenvalue weighted by atomic mass is 10.2. The second-order valence-corrected chi connectivity index (χ2v) is 7.57. The van der Waals surface area contributed by atoms with Crippen LogP contribution in [0.15, 0.2) is 47.5 Å². The van der Waals surface area contributed by atoms with Gasteiger partial charge in [-0.05, 0) is 24.3 Å². The average molecular weight is 378 g/mol. The summed E-state index contributed by atoms with van der Waals surface area (Å²) < 4.78 is 31.8. The zero-order valence-electron chi connectivity index (χ0n) is 13.9. The lowest BCUT2D eigenvalue weighted by Crippen LogP contribution is -2.40. The third-order valence-electron chi connectivity index (χ3n) is 3.96. The summed E-state index contributed by atoms with van der Waals surface area (Å²) in [7, 11) is -3.79. The van der Waals surface area contributed by atoms with Crippen LogP contribution in [0, 0.1) is 10.1 Å². The third kappa shape index (κ3) is 3.98. The number of anilines is 1. The van der Waals surface area contributed by atoms with E-state index in [2.05, 4.69) is 10.3 Å². The molecule has 1 N–H and O–H groups in total. The Morgan fingerprint density at radius 1 is 1.23 bits per heavy atom. The zero-order valence-corrected chi connectivity index (χ0v) is 14.7. The van der Waals surface area contributed by atoms with Crippen molar-refractivity contribution in [2.24, 2.45) is 0 Å². The van der Waals surface area contributed by atoms with Crippen LogP contribution < -0.4 is 5.32 Å². The van der Waals surface area contributed by atoms with Gasteiger partial charge in [-0.1, -0.05) is 6.07 Å². The molecule has 0 amide bonds. The molecule has 0 unspecified atom stereocenters. The van der Waals surface area contributed by atoms with Gasteiger partial charge in [-0.3, -0.25) is 15.1 Å². The number of nitro benzene ring substituents is 1. The molecule has 1 saturated heterocycles. The normalized spacial score (nSPS) is 15.5. The summed E-state index contributed by atoms with van der Waals surface area (Å²) in [6.45, 7) is 1.37. The van der Waals surface area contributed by atoms with Gasteiger partial charge in [0.1, 0.15) is 5.69 Å². The SMILES string of the molecule is O=[N+]([O-])c1cc(S(=O)(=O)N2CCOCC2)ccc1NCc1ccccn1. The highest BCUT2D eigenvalue weighted by Gasteiger charge is 2.28. The molecule has 138 valence electrons. The first-order valence-corrected chi connectivity index (χ1v) is 9.42. The maximum atomic E-state index is 12.7. The van der Waals surface area contributed by atoms with Gasteiger partial charge in [-0.15, -0.1) is 0 Å². The van der Waals surface area contributed by atoms with E-state index in [1.807, 2.05) is 6.07 Å². The van der Waals surface area contributed by atoms with E-state index in [4.69, 9.17) is 4.74 Å². The Bertz CT molecular complexity index is 883. The number of benzene rings is 1. The van der Waals surface area contributed by atoms with Gasteiger partial charge in [0.25, 0.3) is 5.69 Å². The Kier molecular flexibility index (Phi) is 5.45. The highest BCUT2D eigenvalue weighted by atomic mass is 32.2. The number of ether oxygens (including phenoxy) is 1. The first-order valence-electron chi connectivity index (χ1n) is 7.98. The van der Waals surface area contributed by atoms with Crippen molar-refractivity contribution in [3.05, 3.63) is 58.4 Å². The number of nitrogens with one attached hydrogen (secondary N) is 1. The van der Waals surface area contributed by atoms with Crippen LogP contribution >= 0.6 is 0 Å². The molecule has 0 aliphatic carbocycles. The van der Waals surface area contributed by atoms with Crippen LogP contribution in [0.3, 0.4) is 0 Å². The number of nitrogens with zero attached hydrogens (tertiary/aromatic N) is 3. The van der Waals surface area contributed by atoms with Crippen molar-refractivity contribution in [3.8, 4) is 0 Å². The molecule has 1 aliphatic rings. The molecule has 0 bridgehead atoms. The molecule has 3 rings (SSSR count). The maximum absolute atomic E-state index is 12.7. The molecule has 2 aromatic rings. The third-order valence-corrected chi connectivity index (χ3v) is 5.85. The summed E-state index contributed by atoms with van der Waals surface area (Å²) in [6, 6.07) is 9.25. The van der Waals surface area contributed by atoms with Gasteiger partial charge in [0.15, 0.2) is 0 Å². The molecule has 2 heterocycles. The van der Waals surface area contributed by atoms with Gasteiger partial charge in [-0.25, -0.2) is 8.42 Å². The van der Waals surface area contributed by atoms with E-state index in [0.29, 0.717) is 18.9 Å². The van der Waals surface area contributed by atoms with Gasteiger partial charge in [-0.2, -0.15) is 4.31 Å². The standard InChI is InChI=1S/C16H18N4O5S/c21-20(22)16-11-14(26(23,24)19-7-9-25-10-8-19)4-5-15(16)18-12-13-3-1-2-6-17-13/h1-6,11,18H,7-10,12H2. The number of sulfonamides is 1. The van der Waals surface area contributed by atoms with Crippen LogP contribution in [0.5, 0.6) is 0 Å². The van der Waals surface area contributed by atoms with Gasteiger partial charge >= 0.3 is 0 Å². The Labute approximate surface area is 150 Å². The van der Waals surface area contributed by atoms with Crippen molar-refractivity contribution in [2.45, 2.75) is 11.4 Å². The highest BCUT2D eigenvalue weighted by molar-refractivity contribution is 7.89. The quantitative estimate of drug-likeness (QED) is 0.600. The fourth-order valence-electron chi connectivity index (χ4n) is 2.60. The minimum atomic E-state index is -3.79. The molecule has 26 heavy (non-hydrogen) atoms. The first kappa shape index (κ1) is 18.2. The predicted octanol–water partition coefficient (Wildman–Crippen LogP) is 1.62. The summed E-state index contributed by atoms with van der Waals surface area (Å²) in [5.74, 6) is 0. The summed E-state index contributed by atoms with van der Waals surface area (Å²) >= 11 is 0.